The molecule has 0 radical (unpaired) electrons. The van der Waals surface area contributed by atoms with E-state index in [4.69, 9.17) is 5.11 Å². The van der Waals surface area contributed by atoms with Gasteiger partial charge in [-0.25, -0.2) is 0 Å². The minimum Gasteiger partial charge on any atom is -0.481 e. The molecule has 0 aromatic carbocycles. The number of allylic oxidation sites excluding steroid dienone is 3. The van der Waals surface area contributed by atoms with Gasteiger partial charge in [0.05, 0.1) is 5.92 Å². The third kappa shape index (κ3) is 5.40. The molecule has 0 saturated carbocycles. The molecule has 0 aromatic heterocycles. The molecule has 0 saturated heterocycles. The van der Waals surface area contributed by atoms with Gasteiger partial charge in [0.2, 0.25) is 0 Å². The van der Waals surface area contributed by atoms with Crippen molar-refractivity contribution in [3.8, 4) is 0 Å². The van der Waals surface area contributed by atoms with Crippen molar-refractivity contribution in [1.29, 1.82) is 0 Å². The standard InChI is InChI=1S/C13H22O2/c1-5-11(9-7-8-10(3)4)12(6-2)13(14)15/h5,8,11-12H,1,6-7,9H2,2-4H3,(H,14,15). The summed E-state index contributed by atoms with van der Waals surface area (Å²) in [4.78, 5) is 11.0. The van der Waals surface area contributed by atoms with Crippen molar-refractivity contribution in [3.63, 3.8) is 0 Å². The maximum Gasteiger partial charge on any atom is 0.307 e. The Labute approximate surface area is 92.7 Å². The van der Waals surface area contributed by atoms with Gasteiger partial charge in [0.15, 0.2) is 0 Å². The molecule has 0 fully saturated rings. The van der Waals surface area contributed by atoms with Gasteiger partial charge in [-0.05, 0) is 39.0 Å². The first-order valence-corrected chi connectivity index (χ1v) is 5.51. The average molecular weight is 210 g/mol. The molecule has 0 spiro atoms. The SMILES string of the molecule is C=CC(CCC=C(C)C)C(CC)C(=O)O. The fourth-order valence-corrected chi connectivity index (χ4v) is 1.71. The van der Waals surface area contributed by atoms with Crippen molar-refractivity contribution in [3.05, 3.63) is 24.3 Å². The third-order valence-corrected chi connectivity index (χ3v) is 2.63. The van der Waals surface area contributed by atoms with E-state index in [1.165, 1.54) is 5.57 Å². The maximum atomic E-state index is 11.0. The first kappa shape index (κ1) is 13.9. The van der Waals surface area contributed by atoms with Gasteiger partial charge in [-0.2, -0.15) is 0 Å². The summed E-state index contributed by atoms with van der Waals surface area (Å²) >= 11 is 0. The smallest absolute Gasteiger partial charge is 0.307 e. The van der Waals surface area contributed by atoms with Crippen molar-refractivity contribution in [2.24, 2.45) is 11.8 Å². The molecule has 0 amide bonds. The second kappa shape index (κ2) is 7.27. The van der Waals surface area contributed by atoms with Gasteiger partial charge < -0.3 is 5.11 Å². The molecule has 1 N–H and O–H groups in total. The van der Waals surface area contributed by atoms with Crippen LogP contribution in [0.4, 0.5) is 0 Å². The summed E-state index contributed by atoms with van der Waals surface area (Å²) in [6.07, 6.45) is 6.40. The summed E-state index contributed by atoms with van der Waals surface area (Å²) in [5.74, 6) is -0.907. The number of aliphatic carboxylic acids is 1. The number of carbonyl (C=O) groups is 1. The number of hydrogen-bond donors (Lipinski definition) is 1. The molecule has 0 bridgehead atoms. The highest BCUT2D eigenvalue weighted by molar-refractivity contribution is 5.70. The summed E-state index contributed by atoms with van der Waals surface area (Å²) in [7, 11) is 0. The molecule has 0 aromatic rings. The topological polar surface area (TPSA) is 37.3 Å². The fourth-order valence-electron chi connectivity index (χ4n) is 1.71. The lowest BCUT2D eigenvalue weighted by Gasteiger charge is -2.18. The quantitative estimate of drug-likeness (QED) is 0.651. The van der Waals surface area contributed by atoms with Crippen LogP contribution in [0.25, 0.3) is 0 Å². The monoisotopic (exact) mass is 210 g/mol. The number of rotatable bonds is 7. The Balaban J connectivity index is 4.28. The van der Waals surface area contributed by atoms with Crippen LogP contribution in [0.15, 0.2) is 24.3 Å². The fraction of sp³-hybridized carbons (Fsp3) is 0.615. The normalized spacial score (nSPS) is 14.1. The van der Waals surface area contributed by atoms with Crippen LogP contribution in [0.5, 0.6) is 0 Å². The second-order valence-electron chi connectivity index (χ2n) is 4.11. The molecular weight excluding hydrogens is 188 g/mol. The Morgan fingerprint density at radius 1 is 1.47 bits per heavy atom. The first-order valence-electron chi connectivity index (χ1n) is 5.51. The molecule has 15 heavy (non-hydrogen) atoms. The predicted octanol–water partition coefficient (Wildman–Crippen LogP) is 3.65. The van der Waals surface area contributed by atoms with Gasteiger partial charge in [0, 0.05) is 0 Å². The lowest BCUT2D eigenvalue weighted by atomic mass is 9.86. The van der Waals surface area contributed by atoms with Crippen LogP contribution in [0, 0.1) is 11.8 Å². The molecular formula is C13H22O2. The molecule has 0 rings (SSSR count). The van der Waals surface area contributed by atoms with Gasteiger partial charge in [0.25, 0.3) is 0 Å². The lowest BCUT2D eigenvalue weighted by molar-refractivity contribution is -0.143. The van der Waals surface area contributed by atoms with E-state index in [1.807, 2.05) is 6.92 Å². The Kier molecular flexibility index (Phi) is 6.76. The molecule has 0 aliphatic rings. The van der Waals surface area contributed by atoms with E-state index >= 15 is 0 Å². The molecule has 86 valence electrons. The van der Waals surface area contributed by atoms with Crippen molar-refractivity contribution in [2.45, 2.75) is 40.0 Å². The van der Waals surface area contributed by atoms with E-state index in [-0.39, 0.29) is 11.8 Å². The lowest BCUT2D eigenvalue weighted by Crippen LogP contribution is -2.21. The zero-order valence-electron chi connectivity index (χ0n) is 9.99. The van der Waals surface area contributed by atoms with Crippen LogP contribution < -0.4 is 0 Å². The van der Waals surface area contributed by atoms with E-state index in [0.29, 0.717) is 6.42 Å². The van der Waals surface area contributed by atoms with Crippen LogP contribution in [-0.4, -0.2) is 11.1 Å². The summed E-state index contributed by atoms with van der Waals surface area (Å²) in [5.41, 5.74) is 1.28. The zero-order chi connectivity index (χ0) is 11.8. The molecule has 0 aliphatic heterocycles. The molecule has 2 heteroatoms. The van der Waals surface area contributed by atoms with E-state index in [0.717, 1.165) is 12.8 Å². The van der Waals surface area contributed by atoms with Crippen LogP contribution in [0.2, 0.25) is 0 Å². The Morgan fingerprint density at radius 2 is 2.07 bits per heavy atom. The van der Waals surface area contributed by atoms with Crippen LogP contribution in [-0.2, 0) is 4.79 Å². The van der Waals surface area contributed by atoms with Crippen molar-refractivity contribution >= 4 is 5.97 Å². The van der Waals surface area contributed by atoms with Gasteiger partial charge >= 0.3 is 5.97 Å². The van der Waals surface area contributed by atoms with Crippen molar-refractivity contribution in [2.75, 3.05) is 0 Å². The highest BCUT2D eigenvalue weighted by Gasteiger charge is 2.23. The highest BCUT2D eigenvalue weighted by Crippen LogP contribution is 2.22. The second-order valence-corrected chi connectivity index (χ2v) is 4.11. The summed E-state index contributed by atoms with van der Waals surface area (Å²) in [6, 6.07) is 0. The number of carboxylic acids is 1. The Morgan fingerprint density at radius 3 is 2.40 bits per heavy atom. The molecule has 2 unspecified atom stereocenters. The maximum absolute atomic E-state index is 11.0. The number of hydrogen-bond acceptors (Lipinski definition) is 1. The minimum absolute atomic E-state index is 0.0862. The molecule has 2 nitrogen and oxygen atoms in total. The first-order chi connectivity index (χ1) is 7.02. The summed E-state index contributed by atoms with van der Waals surface area (Å²) < 4.78 is 0. The van der Waals surface area contributed by atoms with Gasteiger partial charge in [-0.3, -0.25) is 4.79 Å². The summed E-state index contributed by atoms with van der Waals surface area (Å²) in [6.45, 7) is 9.74. The van der Waals surface area contributed by atoms with E-state index < -0.39 is 5.97 Å². The molecule has 0 aliphatic carbocycles. The van der Waals surface area contributed by atoms with Crippen LogP contribution in [0.3, 0.4) is 0 Å². The highest BCUT2D eigenvalue weighted by atomic mass is 16.4. The average Bonchev–Trinajstić information content (AvgIpc) is 2.15. The Hall–Kier alpha value is -1.05. The molecule has 0 heterocycles. The zero-order valence-corrected chi connectivity index (χ0v) is 9.99. The molecule has 2 atom stereocenters. The van der Waals surface area contributed by atoms with Gasteiger partial charge in [-0.1, -0.05) is 24.6 Å². The van der Waals surface area contributed by atoms with Gasteiger partial charge in [0.1, 0.15) is 0 Å². The van der Waals surface area contributed by atoms with E-state index in [2.05, 4.69) is 26.5 Å². The third-order valence-electron chi connectivity index (χ3n) is 2.63. The van der Waals surface area contributed by atoms with Crippen LogP contribution >= 0.6 is 0 Å². The van der Waals surface area contributed by atoms with Crippen molar-refractivity contribution in [1.82, 2.24) is 0 Å². The van der Waals surface area contributed by atoms with E-state index in [1.54, 1.807) is 6.08 Å². The summed E-state index contributed by atoms with van der Waals surface area (Å²) in [5, 5.41) is 9.02. The Bertz CT molecular complexity index is 237. The van der Waals surface area contributed by atoms with E-state index in [9.17, 15) is 4.79 Å². The predicted molar refractivity (Wildman–Crippen MR) is 63.8 cm³/mol. The largest absolute Gasteiger partial charge is 0.481 e. The number of carboxylic acid groups (broad SMARTS) is 1. The minimum atomic E-state index is -0.709. The van der Waals surface area contributed by atoms with Gasteiger partial charge in [-0.15, -0.1) is 6.58 Å². The van der Waals surface area contributed by atoms with Crippen LogP contribution in [0.1, 0.15) is 40.0 Å². The van der Waals surface area contributed by atoms with Crippen molar-refractivity contribution < 1.29 is 9.90 Å².